The summed E-state index contributed by atoms with van der Waals surface area (Å²) in [5.41, 5.74) is 0.597. The maximum atomic E-state index is 10.7. The van der Waals surface area contributed by atoms with Crippen LogP contribution in [0, 0.1) is 0 Å². The molecule has 0 radical (unpaired) electrons. The second-order valence-electron chi connectivity index (χ2n) is 3.07. The van der Waals surface area contributed by atoms with E-state index in [0.29, 0.717) is 17.1 Å². The highest BCUT2D eigenvalue weighted by atomic mass is 16.6. The van der Waals surface area contributed by atoms with Crippen LogP contribution < -0.4 is 11.1 Å². The monoisotopic (exact) mass is 220 g/mol. The van der Waals surface area contributed by atoms with Crippen LogP contribution in [-0.4, -0.2) is 10.9 Å². The molecule has 2 aromatic rings. The molecule has 1 amide bonds. The van der Waals surface area contributed by atoms with Crippen molar-refractivity contribution in [3.05, 3.63) is 35.2 Å². The van der Waals surface area contributed by atoms with Crippen LogP contribution in [0.25, 0.3) is 11.3 Å². The molecule has 0 aliphatic carbocycles. The van der Waals surface area contributed by atoms with Gasteiger partial charge in [-0.2, -0.15) is 0 Å². The zero-order valence-corrected chi connectivity index (χ0v) is 8.39. The van der Waals surface area contributed by atoms with Crippen molar-refractivity contribution < 1.29 is 13.6 Å². The summed E-state index contributed by atoms with van der Waals surface area (Å²) in [7, 11) is 0. The molecule has 0 unspecified atom stereocenters. The quantitative estimate of drug-likeness (QED) is 0.823. The molecule has 16 heavy (non-hydrogen) atoms. The molecule has 82 valence electrons. The molecule has 0 fully saturated rings. The van der Waals surface area contributed by atoms with E-state index in [-0.39, 0.29) is 5.91 Å². The number of hydrogen-bond donors (Lipinski definition) is 1. The number of nitrogens with zero attached hydrogens (tertiary/aromatic N) is 1. The number of nitrogens with one attached hydrogen (secondary N) is 1. The molecule has 0 spiro atoms. The standard InChI is InChI=1S/C10H8N2O4/c1-6(13)12-9-3-2-7(4-11-9)8-5-15-10(14)16-8/h2-5H,1H3,(H,11,12,13). The lowest BCUT2D eigenvalue weighted by Crippen LogP contribution is -2.06. The van der Waals surface area contributed by atoms with Crippen LogP contribution in [-0.2, 0) is 4.79 Å². The topological polar surface area (TPSA) is 85.3 Å². The molecule has 1 N–H and O–H groups in total. The van der Waals surface area contributed by atoms with Gasteiger partial charge in [0, 0.05) is 18.7 Å². The van der Waals surface area contributed by atoms with Gasteiger partial charge in [0.15, 0.2) is 5.76 Å². The van der Waals surface area contributed by atoms with Crippen molar-refractivity contribution in [3.8, 4) is 11.3 Å². The second kappa shape index (κ2) is 4.01. The van der Waals surface area contributed by atoms with E-state index in [4.69, 9.17) is 4.42 Å². The molecular weight excluding hydrogens is 212 g/mol. The van der Waals surface area contributed by atoms with Crippen molar-refractivity contribution in [2.24, 2.45) is 0 Å². The van der Waals surface area contributed by atoms with Gasteiger partial charge in [0.25, 0.3) is 0 Å². The second-order valence-corrected chi connectivity index (χ2v) is 3.07. The average molecular weight is 220 g/mol. The fourth-order valence-electron chi connectivity index (χ4n) is 1.16. The van der Waals surface area contributed by atoms with Gasteiger partial charge >= 0.3 is 5.82 Å². The molecule has 0 aliphatic rings. The smallest absolute Gasteiger partial charge is 0.399 e. The highest BCUT2D eigenvalue weighted by Crippen LogP contribution is 2.17. The van der Waals surface area contributed by atoms with Crippen LogP contribution in [0.1, 0.15) is 6.92 Å². The zero-order valence-electron chi connectivity index (χ0n) is 8.39. The predicted molar refractivity (Wildman–Crippen MR) is 54.8 cm³/mol. The van der Waals surface area contributed by atoms with Gasteiger partial charge in [-0.3, -0.25) is 4.79 Å². The van der Waals surface area contributed by atoms with Gasteiger partial charge in [-0.15, -0.1) is 0 Å². The van der Waals surface area contributed by atoms with Gasteiger partial charge in [-0.1, -0.05) is 0 Å². The molecule has 0 saturated carbocycles. The molecule has 6 nitrogen and oxygen atoms in total. The van der Waals surface area contributed by atoms with Crippen LogP contribution in [0.4, 0.5) is 5.82 Å². The van der Waals surface area contributed by atoms with Gasteiger partial charge in [-0.05, 0) is 12.1 Å². The minimum Gasteiger partial charge on any atom is -0.399 e. The molecular formula is C10H8N2O4. The SMILES string of the molecule is CC(=O)Nc1ccc(-c2coc(=O)o2)cn1. The summed E-state index contributed by atoms with van der Waals surface area (Å²) in [5, 5.41) is 2.52. The minimum atomic E-state index is -0.763. The van der Waals surface area contributed by atoms with Crippen LogP contribution >= 0.6 is 0 Å². The molecule has 2 aromatic heterocycles. The van der Waals surface area contributed by atoms with Gasteiger partial charge < -0.3 is 14.2 Å². The van der Waals surface area contributed by atoms with Crippen molar-refractivity contribution in [1.29, 1.82) is 0 Å². The molecule has 0 aromatic carbocycles. The maximum Gasteiger partial charge on any atom is 0.519 e. The van der Waals surface area contributed by atoms with E-state index in [1.54, 1.807) is 12.1 Å². The summed E-state index contributed by atoms with van der Waals surface area (Å²) in [5.74, 6) is -0.231. The zero-order chi connectivity index (χ0) is 11.5. The number of carbonyl (C=O) groups is 1. The van der Waals surface area contributed by atoms with Gasteiger partial charge in [-0.25, -0.2) is 9.78 Å². The lowest BCUT2D eigenvalue weighted by atomic mass is 10.2. The Morgan fingerprint density at radius 3 is 2.75 bits per heavy atom. The highest BCUT2D eigenvalue weighted by molar-refractivity contribution is 5.87. The summed E-state index contributed by atoms with van der Waals surface area (Å²) in [6.07, 6.45) is 2.68. The average Bonchev–Trinajstić information content (AvgIpc) is 2.65. The van der Waals surface area contributed by atoms with E-state index < -0.39 is 5.82 Å². The van der Waals surface area contributed by atoms with E-state index in [9.17, 15) is 9.59 Å². The third kappa shape index (κ3) is 2.17. The Balaban J connectivity index is 2.25. The first-order chi connectivity index (χ1) is 7.65. The van der Waals surface area contributed by atoms with E-state index in [1.165, 1.54) is 19.4 Å². The lowest BCUT2D eigenvalue weighted by molar-refractivity contribution is -0.114. The fraction of sp³-hybridized carbons (Fsp3) is 0.100. The lowest BCUT2D eigenvalue weighted by Gasteiger charge is -2.00. The number of anilines is 1. The predicted octanol–water partition coefficient (Wildman–Crippen LogP) is 1.25. The number of carbonyl (C=O) groups excluding carboxylic acids is 1. The first kappa shape index (κ1) is 10.2. The molecule has 0 aliphatic heterocycles. The van der Waals surface area contributed by atoms with Crippen molar-refractivity contribution in [2.75, 3.05) is 5.32 Å². The van der Waals surface area contributed by atoms with E-state index in [2.05, 4.69) is 14.7 Å². The summed E-state index contributed by atoms with van der Waals surface area (Å²) < 4.78 is 9.23. The van der Waals surface area contributed by atoms with Gasteiger partial charge in [0.2, 0.25) is 5.91 Å². The van der Waals surface area contributed by atoms with Crippen LogP contribution in [0.3, 0.4) is 0 Å². The summed E-state index contributed by atoms with van der Waals surface area (Å²) in [6, 6.07) is 3.26. The Kier molecular flexibility index (Phi) is 2.55. The fourth-order valence-corrected chi connectivity index (χ4v) is 1.16. The Labute approximate surface area is 89.9 Å². The van der Waals surface area contributed by atoms with Crippen LogP contribution in [0.2, 0.25) is 0 Å². The summed E-state index contributed by atoms with van der Waals surface area (Å²) in [6.45, 7) is 1.39. The number of rotatable bonds is 2. The first-order valence-corrected chi connectivity index (χ1v) is 4.48. The Hall–Kier alpha value is -2.37. The molecule has 2 heterocycles. The van der Waals surface area contributed by atoms with Crippen molar-refractivity contribution in [1.82, 2.24) is 4.98 Å². The summed E-state index contributed by atoms with van der Waals surface area (Å²) >= 11 is 0. The molecule has 2 rings (SSSR count). The van der Waals surface area contributed by atoms with Crippen molar-refractivity contribution in [3.63, 3.8) is 0 Å². The molecule has 0 bridgehead atoms. The molecule has 6 heteroatoms. The van der Waals surface area contributed by atoms with Crippen molar-refractivity contribution >= 4 is 11.7 Å². The Morgan fingerprint density at radius 2 is 2.25 bits per heavy atom. The first-order valence-electron chi connectivity index (χ1n) is 4.48. The normalized spacial score (nSPS) is 10.1. The molecule has 0 atom stereocenters. The van der Waals surface area contributed by atoms with E-state index >= 15 is 0 Å². The van der Waals surface area contributed by atoms with Crippen LogP contribution in [0.15, 0.2) is 38.2 Å². The van der Waals surface area contributed by atoms with Gasteiger partial charge in [0.05, 0.1) is 0 Å². The third-order valence-corrected chi connectivity index (χ3v) is 1.81. The number of pyridine rings is 1. The third-order valence-electron chi connectivity index (χ3n) is 1.81. The Bertz CT molecular complexity index is 553. The van der Waals surface area contributed by atoms with E-state index in [1.807, 2.05) is 0 Å². The highest BCUT2D eigenvalue weighted by Gasteiger charge is 2.05. The Morgan fingerprint density at radius 1 is 1.44 bits per heavy atom. The van der Waals surface area contributed by atoms with Crippen molar-refractivity contribution in [2.45, 2.75) is 6.92 Å². The number of hydrogen-bond acceptors (Lipinski definition) is 5. The maximum absolute atomic E-state index is 10.7. The summed E-state index contributed by atoms with van der Waals surface area (Å²) in [4.78, 5) is 25.4. The number of aromatic nitrogens is 1. The van der Waals surface area contributed by atoms with E-state index in [0.717, 1.165) is 0 Å². The largest absolute Gasteiger partial charge is 0.519 e. The van der Waals surface area contributed by atoms with Crippen LogP contribution in [0.5, 0.6) is 0 Å². The minimum absolute atomic E-state index is 0.199. The van der Waals surface area contributed by atoms with Gasteiger partial charge in [0.1, 0.15) is 12.1 Å². The number of amides is 1. The molecule has 0 saturated heterocycles.